The van der Waals surface area contributed by atoms with Gasteiger partial charge in [0.15, 0.2) is 5.13 Å². The average molecular weight is 442 g/mol. The first-order valence-electron chi connectivity index (χ1n) is 10.1. The van der Waals surface area contributed by atoms with Gasteiger partial charge in [-0.2, -0.15) is 0 Å². The number of nitrogens with one attached hydrogen (secondary N) is 3. The van der Waals surface area contributed by atoms with Crippen LogP contribution in [0.2, 0.25) is 0 Å². The quantitative estimate of drug-likeness (QED) is 0.441. The molecule has 0 bridgehead atoms. The Bertz CT molecular complexity index is 1280. The van der Waals surface area contributed by atoms with Crippen LogP contribution in [0.1, 0.15) is 6.42 Å². The number of guanidine groups is 1. The van der Waals surface area contributed by atoms with Gasteiger partial charge in [0.05, 0.1) is 16.6 Å². The van der Waals surface area contributed by atoms with Gasteiger partial charge in [-0.25, -0.2) is 9.98 Å². The minimum atomic E-state index is -0.825. The molecule has 1 atom stereocenters. The third-order valence-electron chi connectivity index (χ3n) is 5.00. The second kappa shape index (κ2) is 8.60. The molecule has 1 aliphatic heterocycles. The number of para-hydroxylation sites is 1. The van der Waals surface area contributed by atoms with Crippen molar-refractivity contribution in [1.29, 1.82) is 0 Å². The maximum atomic E-state index is 12.8. The highest BCUT2D eigenvalue weighted by Gasteiger charge is 2.27. The van der Waals surface area contributed by atoms with Crippen LogP contribution in [-0.2, 0) is 9.59 Å². The van der Waals surface area contributed by atoms with Gasteiger partial charge in [0.25, 0.3) is 0 Å². The second-order valence-corrected chi connectivity index (χ2v) is 8.32. The highest BCUT2D eigenvalue weighted by molar-refractivity contribution is 7.22. The van der Waals surface area contributed by atoms with Crippen LogP contribution in [-0.4, -0.2) is 28.8 Å². The maximum absolute atomic E-state index is 12.8. The lowest BCUT2D eigenvalue weighted by molar-refractivity contribution is -0.124. The van der Waals surface area contributed by atoms with Gasteiger partial charge < -0.3 is 10.6 Å². The Hall–Kier alpha value is -4.04. The number of anilines is 2. The molecule has 2 amide bonds. The number of rotatable bonds is 4. The molecule has 158 valence electrons. The fraction of sp³-hybridized carbons (Fsp3) is 0.0833. The molecule has 0 saturated heterocycles. The molecule has 8 heteroatoms. The van der Waals surface area contributed by atoms with Gasteiger partial charge in [-0.15, -0.1) is 0 Å². The number of aromatic nitrogens is 1. The van der Waals surface area contributed by atoms with Crippen molar-refractivity contribution < 1.29 is 9.59 Å². The number of carbonyl (C=O) groups excluding carboxylic acids is 2. The largest absolute Gasteiger partial charge is 0.324 e. The fourth-order valence-corrected chi connectivity index (χ4v) is 4.30. The number of carbonyl (C=O) groups is 2. The third kappa shape index (κ3) is 4.35. The van der Waals surface area contributed by atoms with E-state index >= 15 is 0 Å². The maximum Gasteiger partial charge on any atom is 0.249 e. The molecular formula is C24H19N5O2S. The monoisotopic (exact) mass is 441 g/mol. The van der Waals surface area contributed by atoms with Crippen LogP contribution >= 0.6 is 11.3 Å². The minimum absolute atomic E-state index is 0.0149. The van der Waals surface area contributed by atoms with Gasteiger partial charge in [-0.05, 0) is 35.4 Å². The molecule has 1 aromatic heterocycles. The molecule has 0 spiro atoms. The number of nitrogens with zero attached hydrogens (tertiary/aromatic N) is 2. The summed E-state index contributed by atoms with van der Waals surface area (Å²) in [6.45, 7) is 0. The Morgan fingerprint density at radius 1 is 0.938 bits per heavy atom. The van der Waals surface area contributed by atoms with Crippen LogP contribution in [0.15, 0.2) is 83.9 Å². The first kappa shape index (κ1) is 19.9. The van der Waals surface area contributed by atoms with E-state index in [-0.39, 0.29) is 24.2 Å². The van der Waals surface area contributed by atoms with Crippen LogP contribution in [0.3, 0.4) is 0 Å². The summed E-state index contributed by atoms with van der Waals surface area (Å²) in [5, 5.41) is 9.14. The first-order valence-corrected chi connectivity index (χ1v) is 10.9. The zero-order chi connectivity index (χ0) is 21.9. The highest BCUT2D eigenvalue weighted by atomic mass is 32.1. The number of fused-ring (bicyclic) bond motifs is 1. The fourth-order valence-electron chi connectivity index (χ4n) is 3.44. The van der Waals surface area contributed by atoms with Crippen LogP contribution in [0.25, 0.3) is 21.3 Å². The molecule has 3 aromatic carbocycles. The molecule has 4 aromatic rings. The van der Waals surface area contributed by atoms with Gasteiger partial charge in [0.1, 0.15) is 6.04 Å². The van der Waals surface area contributed by atoms with E-state index < -0.39 is 6.04 Å². The summed E-state index contributed by atoms with van der Waals surface area (Å²) in [5.41, 5.74) is 3.66. The summed E-state index contributed by atoms with van der Waals surface area (Å²) in [4.78, 5) is 33.8. The average Bonchev–Trinajstić information content (AvgIpc) is 3.22. The minimum Gasteiger partial charge on any atom is -0.324 e. The molecule has 7 nitrogen and oxygen atoms in total. The number of hydrogen-bond acceptors (Lipinski definition) is 6. The van der Waals surface area contributed by atoms with Crippen molar-refractivity contribution >= 4 is 50.1 Å². The molecule has 1 unspecified atom stereocenters. The van der Waals surface area contributed by atoms with E-state index in [1.54, 1.807) is 0 Å². The molecule has 0 aliphatic carbocycles. The second-order valence-electron chi connectivity index (χ2n) is 7.29. The lowest BCUT2D eigenvalue weighted by Crippen LogP contribution is -2.45. The predicted octanol–water partition coefficient (Wildman–Crippen LogP) is 4.26. The van der Waals surface area contributed by atoms with Gasteiger partial charge in [0.2, 0.25) is 17.8 Å². The number of aliphatic imine (C=N–C) groups is 1. The summed E-state index contributed by atoms with van der Waals surface area (Å²) in [6.07, 6.45) is -0.0149. The van der Waals surface area contributed by atoms with Crippen LogP contribution < -0.4 is 16.0 Å². The van der Waals surface area contributed by atoms with E-state index in [1.807, 2.05) is 78.9 Å². The normalized spacial score (nSPS) is 15.7. The van der Waals surface area contributed by atoms with Gasteiger partial charge in [-0.1, -0.05) is 65.9 Å². The third-order valence-corrected chi connectivity index (χ3v) is 5.95. The molecule has 32 heavy (non-hydrogen) atoms. The summed E-state index contributed by atoms with van der Waals surface area (Å²) >= 11 is 1.45. The van der Waals surface area contributed by atoms with E-state index in [2.05, 4.69) is 25.9 Å². The Morgan fingerprint density at radius 3 is 2.44 bits per heavy atom. The van der Waals surface area contributed by atoms with Crippen molar-refractivity contribution in [3.8, 4) is 11.1 Å². The number of amides is 2. The Morgan fingerprint density at radius 2 is 1.66 bits per heavy atom. The van der Waals surface area contributed by atoms with Crippen LogP contribution in [0.5, 0.6) is 0 Å². The van der Waals surface area contributed by atoms with Crippen LogP contribution in [0, 0.1) is 0 Å². The van der Waals surface area contributed by atoms with Crippen LogP contribution in [0.4, 0.5) is 10.8 Å². The highest BCUT2D eigenvalue weighted by Crippen LogP contribution is 2.26. The summed E-state index contributed by atoms with van der Waals surface area (Å²) in [5.74, 6) is -0.390. The molecule has 1 aliphatic rings. The molecule has 0 radical (unpaired) electrons. The lowest BCUT2D eigenvalue weighted by atomic mass is 10.1. The topological polar surface area (TPSA) is 95.5 Å². The molecule has 5 rings (SSSR count). The van der Waals surface area contributed by atoms with E-state index in [0.717, 1.165) is 21.3 Å². The number of thiazole rings is 1. The first-order chi connectivity index (χ1) is 15.6. The standard InChI is InChI=1S/C24H19N5O2S/c30-21-14-19(26-23(28-21)29-24-27-18-8-4-5-9-20(18)32-24)22(31)25-17-12-10-16(11-13-17)15-6-2-1-3-7-15/h1-13,19H,14H2,(H,25,31)(H2,26,27,28,29,30). The molecule has 2 heterocycles. The Balaban J connectivity index is 1.28. The molecular weight excluding hydrogens is 422 g/mol. The van der Waals surface area contributed by atoms with E-state index in [1.165, 1.54) is 11.3 Å². The SMILES string of the molecule is O=C1CC(C(=O)Nc2ccc(-c3ccccc3)cc2)N=C(Nc2nc3ccccc3s2)N1. The summed E-state index contributed by atoms with van der Waals surface area (Å²) in [6, 6.07) is 24.5. The van der Waals surface area contributed by atoms with E-state index in [9.17, 15) is 9.59 Å². The van der Waals surface area contributed by atoms with Gasteiger partial charge in [0, 0.05) is 5.69 Å². The smallest absolute Gasteiger partial charge is 0.249 e. The van der Waals surface area contributed by atoms with E-state index in [0.29, 0.717) is 10.8 Å². The molecule has 0 saturated carbocycles. The predicted molar refractivity (Wildman–Crippen MR) is 128 cm³/mol. The van der Waals surface area contributed by atoms with Crippen molar-refractivity contribution in [1.82, 2.24) is 10.3 Å². The van der Waals surface area contributed by atoms with E-state index in [4.69, 9.17) is 0 Å². The Kier molecular flexibility index (Phi) is 5.35. The number of benzene rings is 3. The van der Waals surface area contributed by atoms with Crippen molar-refractivity contribution in [2.45, 2.75) is 12.5 Å². The van der Waals surface area contributed by atoms with Gasteiger partial charge >= 0.3 is 0 Å². The van der Waals surface area contributed by atoms with Crippen molar-refractivity contribution in [2.75, 3.05) is 10.6 Å². The van der Waals surface area contributed by atoms with Crippen molar-refractivity contribution in [2.24, 2.45) is 4.99 Å². The lowest BCUT2D eigenvalue weighted by Gasteiger charge is -2.20. The number of hydrogen-bond donors (Lipinski definition) is 3. The summed E-state index contributed by atoms with van der Waals surface area (Å²) in [7, 11) is 0. The van der Waals surface area contributed by atoms with Gasteiger partial charge in [-0.3, -0.25) is 14.9 Å². The zero-order valence-electron chi connectivity index (χ0n) is 16.9. The molecule has 0 fully saturated rings. The zero-order valence-corrected chi connectivity index (χ0v) is 17.7. The van der Waals surface area contributed by atoms with Crippen molar-refractivity contribution in [3.05, 3.63) is 78.9 Å². The molecule has 3 N–H and O–H groups in total. The van der Waals surface area contributed by atoms with Crippen molar-refractivity contribution in [3.63, 3.8) is 0 Å². The summed E-state index contributed by atoms with van der Waals surface area (Å²) < 4.78 is 1.02. The Labute approximate surface area is 188 Å².